The Morgan fingerprint density at radius 3 is 1.50 bits per heavy atom. The molecule has 0 bridgehead atoms. The van der Waals surface area contributed by atoms with Gasteiger partial charge in [0, 0.05) is 32.7 Å². The van der Waals surface area contributed by atoms with Gasteiger partial charge in [0.1, 0.15) is 11.2 Å². The highest BCUT2D eigenvalue weighted by atomic mass is 16.4. The molecule has 186 valence electrons. The maximum absolute atomic E-state index is 6.80. The van der Waals surface area contributed by atoms with Gasteiger partial charge in [0.05, 0.1) is 0 Å². The summed E-state index contributed by atoms with van der Waals surface area (Å²) >= 11 is 0. The van der Waals surface area contributed by atoms with Gasteiger partial charge in [-0.25, -0.2) is 0 Å². The fourth-order valence-corrected chi connectivity index (χ4v) is 6.57. The highest BCUT2D eigenvalue weighted by molar-refractivity contribution is 6.25. The van der Waals surface area contributed by atoms with Gasteiger partial charge < -0.3 is 8.83 Å². The lowest BCUT2D eigenvalue weighted by molar-refractivity contribution is 0.634. The van der Waals surface area contributed by atoms with Crippen molar-refractivity contribution in [3.05, 3.63) is 133 Å². The molecule has 0 fully saturated rings. The zero-order chi connectivity index (χ0) is 26.2. The molecular weight excluding hydrogens is 488 g/mol. The van der Waals surface area contributed by atoms with E-state index in [4.69, 9.17) is 8.83 Å². The summed E-state index contributed by atoms with van der Waals surface area (Å²) in [5, 5.41) is 9.22. The van der Waals surface area contributed by atoms with E-state index in [1.54, 1.807) is 0 Å². The zero-order valence-corrected chi connectivity index (χ0v) is 21.5. The number of benzene rings is 7. The molecule has 0 unspecified atom stereocenters. The van der Waals surface area contributed by atoms with Crippen molar-refractivity contribution in [2.75, 3.05) is 0 Å². The van der Waals surface area contributed by atoms with Crippen molar-refractivity contribution in [3.63, 3.8) is 0 Å². The van der Waals surface area contributed by atoms with E-state index in [1.165, 1.54) is 38.2 Å². The van der Waals surface area contributed by atoms with Crippen molar-refractivity contribution in [2.45, 2.75) is 0 Å². The third kappa shape index (κ3) is 2.88. The molecular formula is C38H22O2. The van der Waals surface area contributed by atoms with Gasteiger partial charge >= 0.3 is 0 Å². The van der Waals surface area contributed by atoms with E-state index in [2.05, 4.69) is 115 Å². The molecule has 2 aromatic heterocycles. The van der Waals surface area contributed by atoms with Crippen LogP contribution in [0.15, 0.2) is 142 Å². The first-order valence-electron chi connectivity index (χ1n) is 13.6. The van der Waals surface area contributed by atoms with Gasteiger partial charge in [-0.2, -0.15) is 0 Å². The average molecular weight is 511 g/mol. The van der Waals surface area contributed by atoms with Crippen LogP contribution in [0, 0.1) is 0 Å². The number of fused-ring (bicyclic) bond motifs is 9. The molecule has 0 saturated heterocycles. The van der Waals surface area contributed by atoms with Gasteiger partial charge in [-0.15, -0.1) is 0 Å². The summed E-state index contributed by atoms with van der Waals surface area (Å²) in [6, 6.07) is 47.2. The van der Waals surface area contributed by atoms with Crippen LogP contribution in [0.25, 0.3) is 87.7 Å². The van der Waals surface area contributed by atoms with Crippen molar-refractivity contribution < 1.29 is 8.83 Å². The summed E-state index contributed by atoms with van der Waals surface area (Å²) in [6.45, 7) is 0. The third-order valence-electron chi connectivity index (χ3n) is 8.27. The number of furan rings is 2. The van der Waals surface area contributed by atoms with Crippen LogP contribution in [-0.4, -0.2) is 0 Å². The first-order chi connectivity index (χ1) is 19.9. The van der Waals surface area contributed by atoms with E-state index in [1.807, 2.05) is 18.2 Å². The Kier molecular flexibility index (Phi) is 4.36. The second-order valence-electron chi connectivity index (χ2n) is 10.4. The first-order valence-corrected chi connectivity index (χ1v) is 13.6. The monoisotopic (exact) mass is 510 g/mol. The Labute approximate surface area is 229 Å². The molecule has 0 aliphatic heterocycles. The molecule has 40 heavy (non-hydrogen) atoms. The standard InChI is InChI=1S/C38H22O2/c1-2-11-23(12-3-1)34-25-14-4-6-16-27(25)35(28-17-7-5-15-26(28)34)32-19-10-18-29-31-22-21-30-24-13-8-9-20-33(24)39-37(30)38(31)40-36(29)32/h1-22H. The van der Waals surface area contributed by atoms with Crippen molar-refractivity contribution in [1.82, 2.24) is 0 Å². The van der Waals surface area contributed by atoms with Gasteiger partial charge in [0.25, 0.3) is 0 Å². The molecule has 9 rings (SSSR count). The second kappa shape index (κ2) is 8.08. The summed E-state index contributed by atoms with van der Waals surface area (Å²) in [6.07, 6.45) is 0. The number of hydrogen-bond acceptors (Lipinski definition) is 2. The molecule has 0 aliphatic carbocycles. The lowest BCUT2D eigenvalue weighted by Gasteiger charge is -2.17. The fraction of sp³-hybridized carbons (Fsp3) is 0. The van der Waals surface area contributed by atoms with Gasteiger partial charge in [-0.05, 0) is 50.9 Å². The van der Waals surface area contributed by atoms with Crippen LogP contribution < -0.4 is 0 Å². The molecule has 0 aliphatic rings. The molecule has 0 N–H and O–H groups in total. The van der Waals surface area contributed by atoms with Crippen molar-refractivity contribution >= 4 is 65.4 Å². The Bertz CT molecular complexity index is 2370. The van der Waals surface area contributed by atoms with Crippen molar-refractivity contribution in [2.24, 2.45) is 0 Å². The summed E-state index contributed by atoms with van der Waals surface area (Å²) in [7, 11) is 0. The molecule has 2 nitrogen and oxygen atoms in total. The molecule has 2 heteroatoms. The minimum atomic E-state index is 0.797. The first kappa shape index (κ1) is 21.6. The lowest BCUT2D eigenvalue weighted by Crippen LogP contribution is -1.90. The molecule has 0 spiro atoms. The number of hydrogen-bond donors (Lipinski definition) is 0. The summed E-state index contributed by atoms with van der Waals surface area (Å²) in [5.74, 6) is 0. The SMILES string of the molecule is c1ccc(-c2c3ccccc3c(-c3cccc4c3oc3c4ccc4c5ccccc5oc43)c3ccccc23)cc1. The van der Waals surface area contributed by atoms with Gasteiger partial charge in [-0.3, -0.25) is 0 Å². The van der Waals surface area contributed by atoms with E-state index in [9.17, 15) is 0 Å². The van der Waals surface area contributed by atoms with Crippen LogP contribution in [-0.2, 0) is 0 Å². The van der Waals surface area contributed by atoms with E-state index in [0.717, 1.165) is 49.4 Å². The summed E-state index contributed by atoms with van der Waals surface area (Å²) in [5.41, 5.74) is 8.11. The quantitative estimate of drug-likeness (QED) is 0.216. The van der Waals surface area contributed by atoms with E-state index >= 15 is 0 Å². The molecule has 0 saturated carbocycles. The van der Waals surface area contributed by atoms with Gasteiger partial charge in [-0.1, -0.05) is 115 Å². The minimum Gasteiger partial charge on any atom is -0.452 e. The predicted molar refractivity (Wildman–Crippen MR) is 167 cm³/mol. The Morgan fingerprint density at radius 1 is 0.300 bits per heavy atom. The maximum atomic E-state index is 6.80. The molecule has 9 aromatic rings. The Balaban J connectivity index is 1.44. The van der Waals surface area contributed by atoms with Crippen molar-refractivity contribution in [3.8, 4) is 22.3 Å². The van der Waals surface area contributed by atoms with Crippen LogP contribution in [0.2, 0.25) is 0 Å². The lowest BCUT2D eigenvalue weighted by atomic mass is 9.85. The molecule has 0 radical (unpaired) electrons. The van der Waals surface area contributed by atoms with Crippen LogP contribution in [0.3, 0.4) is 0 Å². The van der Waals surface area contributed by atoms with Crippen LogP contribution in [0.4, 0.5) is 0 Å². The minimum absolute atomic E-state index is 0.797. The summed E-state index contributed by atoms with van der Waals surface area (Å²) in [4.78, 5) is 0. The second-order valence-corrected chi connectivity index (χ2v) is 10.4. The summed E-state index contributed by atoms with van der Waals surface area (Å²) < 4.78 is 13.2. The highest BCUT2D eigenvalue weighted by Gasteiger charge is 2.21. The average Bonchev–Trinajstić information content (AvgIpc) is 3.59. The van der Waals surface area contributed by atoms with E-state index in [-0.39, 0.29) is 0 Å². The Hall–Kier alpha value is -5.34. The fourth-order valence-electron chi connectivity index (χ4n) is 6.57. The van der Waals surface area contributed by atoms with Crippen molar-refractivity contribution in [1.29, 1.82) is 0 Å². The predicted octanol–water partition coefficient (Wildman–Crippen LogP) is 11.1. The Morgan fingerprint density at radius 2 is 0.800 bits per heavy atom. The number of para-hydroxylation sites is 2. The normalized spacial score (nSPS) is 12.0. The van der Waals surface area contributed by atoms with Crippen LogP contribution >= 0.6 is 0 Å². The third-order valence-corrected chi connectivity index (χ3v) is 8.27. The molecule has 2 heterocycles. The van der Waals surface area contributed by atoms with E-state index in [0.29, 0.717) is 0 Å². The zero-order valence-electron chi connectivity index (χ0n) is 21.5. The van der Waals surface area contributed by atoms with Crippen LogP contribution in [0.5, 0.6) is 0 Å². The molecule has 0 atom stereocenters. The largest absolute Gasteiger partial charge is 0.452 e. The molecule has 7 aromatic carbocycles. The molecule has 0 amide bonds. The smallest absolute Gasteiger partial charge is 0.178 e. The maximum Gasteiger partial charge on any atom is 0.178 e. The highest BCUT2D eigenvalue weighted by Crippen LogP contribution is 2.47. The topological polar surface area (TPSA) is 26.3 Å². The van der Waals surface area contributed by atoms with Gasteiger partial charge in [0.15, 0.2) is 11.2 Å². The van der Waals surface area contributed by atoms with Gasteiger partial charge in [0.2, 0.25) is 0 Å². The van der Waals surface area contributed by atoms with Crippen LogP contribution in [0.1, 0.15) is 0 Å². The number of rotatable bonds is 2. The van der Waals surface area contributed by atoms with E-state index < -0.39 is 0 Å².